The molecule has 0 aromatic rings. The fourth-order valence-electron chi connectivity index (χ4n) is 4.49. The van der Waals surface area contributed by atoms with Crippen LogP contribution >= 0.6 is 0 Å². The van der Waals surface area contributed by atoms with Gasteiger partial charge in [-0.1, -0.05) is 41.5 Å². The van der Waals surface area contributed by atoms with Crippen LogP contribution in [0.15, 0.2) is 0 Å². The first-order valence-electron chi connectivity index (χ1n) is 7.52. The van der Waals surface area contributed by atoms with Crippen LogP contribution in [-0.2, 0) is 0 Å². The Balaban J connectivity index is 0.000000606. The van der Waals surface area contributed by atoms with Gasteiger partial charge >= 0.3 is 0 Å². The molecule has 2 saturated carbocycles. The lowest BCUT2D eigenvalue weighted by molar-refractivity contribution is -0.0176. The van der Waals surface area contributed by atoms with Crippen molar-refractivity contribution in [1.82, 2.24) is 0 Å². The Kier molecular flexibility index (Phi) is 4.88. The average Bonchev–Trinajstić information content (AvgIpc) is 2.18. The van der Waals surface area contributed by atoms with Crippen LogP contribution < -0.4 is 0 Å². The van der Waals surface area contributed by atoms with Crippen molar-refractivity contribution in [3.05, 3.63) is 0 Å². The molecule has 0 aliphatic heterocycles. The van der Waals surface area contributed by atoms with Crippen molar-refractivity contribution >= 4 is 0 Å². The molecule has 2 fully saturated rings. The highest BCUT2D eigenvalue weighted by molar-refractivity contribution is 4.96. The minimum Gasteiger partial charge on any atom is -0.0683 e. The lowest BCUT2D eigenvalue weighted by Crippen LogP contribution is -2.42. The summed E-state index contributed by atoms with van der Waals surface area (Å²) < 4.78 is 0. The molecule has 2 rings (SSSR count). The third-order valence-electron chi connectivity index (χ3n) is 4.90. The third-order valence-corrected chi connectivity index (χ3v) is 4.90. The van der Waals surface area contributed by atoms with Gasteiger partial charge < -0.3 is 0 Å². The molecule has 0 spiro atoms. The molecule has 0 amide bonds. The molecule has 2 bridgehead atoms. The van der Waals surface area contributed by atoms with Crippen molar-refractivity contribution in [3.63, 3.8) is 0 Å². The minimum absolute atomic E-state index is 0.722. The number of hydrogen-bond donors (Lipinski definition) is 0. The zero-order valence-electron chi connectivity index (χ0n) is 12.3. The van der Waals surface area contributed by atoms with Gasteiger partial charge in [-0.15, -0.1) is 0 Å². The van der Waals surface area contributed by atoms with Gasteiger partial charge in [-0.05, 0) is 61.2 Å². The smallest absolute Gasteiger partial charge is 0.0267 e. The summed E-state index contributed by atoms with van der Waals surface area (Å²) in [7, 11) is 0. The summed E-state index contributed by atoms with van der Waals surface area (Å²) in [4.78, 5) is 0. The molecule has 0 aromatic heterocycles. The zero-order chi connectivity index (χ0) is 12.3. The van der Waals surface area contributed by atoms with E-state index in [0.717, 1.165) is 29.1 Å². The summed E-state index contributed by atoms with van der Waals surface area (Å²) in [6, 6.07) is 0. The topological polar surface area (TPSA) is 0 Å². The Morgan fingerprint density at radius 2 is 1.31 bits per heavy atom. The number of rotatable bonds is 1. The summed E-state index contributed by atoms with van der Waals surface area (Å²) in [5.41, 5.74) is 0.722. The van der Waals surface area contributed by atoms with Gasteiger partial charge in [-0.3, -0.25) is 0 Å². The van der Waals surface area contributed by atoms with E-state index in [9.17, 15) is 0 Å². The second kappa shape index (κ2) is 5.56. The standard InChI is InChI=1S/C14H26.C2H6/c1-10(2)14-7-11(3)5-13(9-14)6-12(4)8-14;1-2/h10-13H,5-9H2,1-4H3;1-2H3. The van der Waals surface area contributed by atoms with Crippen molar-refractivity contribution in [2.75, 3.05) is 0 Å². The van der Waals surface area contributed by atoms with Crippen molar-refractivity contribution in [3.8, 4) is 0 Å². The third kappa shape index (κ3) is 2.81. The van der Waals surface area contributed by atoms with Crippen molar-refractivity contribution < 1.29 is 0 Å². The summed E-state index contributed by atoms with van der Waals surface area (Å²) in [6.07, 6.45) is 7.58. The summed E-state index contributed by atoms with van der Waals surface area (Å²) in [6.45, 7) is 13.8. The van der Waals surface area contributed by atoms with Crippen LogP contribution in [0, 0.1) is 29.1 Å². The Morgan fingerprint density at radius 3 is 1.69 bits per heavy atom. The Hall–Kier alpha value is 0. The molecule has 0 aromatic carbocycles. The molecule has 2 aliphatic rings. The maximum atomic E-state index is 2.47. The summed E-state index contributed by atoms with van der Waals surface area (Å²) in [5.74, 6) is 3.94. The van der Waals surface area contributed by atoms with E-state index in [2.05, 4.69) is 27.7 Å². The molecule has 0 saturated heterocycles. The van der Waals surface area contributed by atoms with Crippen molar-refractivity contribution in [2.24, 2.45) is 29.1 Å². The monoisotopic (exact) mass is 224 g/mol. The van der Waals surface area contributed by atoms with Gasteiger partial charge in [-0.2, -0.15) is 0 Å². The van der Waals surface area contributed by atoms with E-state index in [0.29, 0.717) is 0 Å². The van der Waals surface area contributed by atoms with E-state index in [1.165, 1.54) is 25.7 Å². The maximum absolute atomic E-state index is 2.47. The largest absolute Gasteiger partial charge is 0.0683 e. The molecular weight excluding hydrogens is 192 g/mol. The Morgan fingerprint density at radius 1 is 0.875 bits per heavy atom. The molecule has 0 nitrogen and oxygen atoms in total. The quantitative estimate of drug-likeness (QED) is 0.550. The van der Waals surface area contributed by atoms with Gasteiger partial charge in [0.25, 0.3) is 0 Å². The first-order chi connectivity index (χ1) is 7.52. The SMILES string of the molecule is CC.CC1CC2CC(C)CC(C(C)C)(C1)C2. The van der Waals surface area contributed by atoms with E-state index in [1.807, 2.05) is 13.8 Å². The highest BCUT2D eigenvalue weighted by atomic mass is 14.5. The molecule has 2 unspecified atom stereocenters. The molecule has 96 valence electrons. The van der Waals surface area contributed by atoms with Crippen LogP contribution in [0.1, 0.15) is 73.6 Å². The average molecular weight is 224 g/mol. The first-order valence-corrected chi connectivity index (χ1v) is 7.52. The first kappa shape index (κ1) is 14.1. The van der Waals surface area contributed by atoms with E-state index in [4.69, 9.17) is 0 Å². The van der Waals surface area contributed by atoms with Crippen molar-refractivity contribution in [1.29, 1.82) is 0 Å². The van der Waals surface area contributed by atoms with Crippen LogP contribution in [0.3, 0.4) is 0 Å². The summed E-state index contributed by atoms with van der Waals surface area (Å²) >= 11 is 0. The van der Waals surface area contributed by atoms with E-state index >= 15 is 0 Å². The predicted molar refractivity (Wildman–Crippen MR) is 73.5 cm³/mol. The number of fused-ring (bicyclic) bond motifs is 2. The van der Waals surface area contributed by atoms with Gasteiger partial charge in [0.15, 0.2) is 0 Å². The van der Waals surface area contributed by atoms with E-state index in [1.54, 1.807) is 6.42 Å². The predicted octanol–water partition coefficient (Wildman–Crippen LogP) is 5.52. The highest BCUT2D eigenvalue weighted by Crippen LogP contribution is 2.56. The maximum Gasteiger partial charge on any atom is -0.0267 e. The molecule has 0 heteroatoms. The van der Waals surface area contributed by atoms with E-state index in [-0.39, 0.29) is 0 Å². The molecule has 0 radical (unpaired) electrons. The van der Waals surface area contributed by atoms with Gasteiger partial charge in [0.1, 0.15) is 0 Å². The second-order valence-electron chi connectivity index (χ2n) is 6.68. The lowest BCUT2D eigenvalue weighted by Gasteiger charge is -2.52. The molecule has 16 heavy (non-hydrogen) atoms. The van der Waals surface area contributed by atoms with Gasteiger partial charge in [0, 0.05) is 0 Å². The van der Waals surface area contributed by atoms with Crippen LogP contribution in [0.2, 0.25) is 0 Å². The fraction of sp³-hybridized carbons (Fsp3) is 1.00. The molecule has 2 aliphatic carbocycles. The van der Waals surface area contributed by atoms with Crippen LogP contribution in [-0.4, -0.2) is 0 Å². The zero-order valence-corrected chi connectivity index (χ0v) is 12.3. The fourth-order valence-corrected chi connectivity index (χ4v) is 4.49. The molecule has 2 atom stereocenters. The van der Waals surface area contributed by atoms with Gasteiger partial charge in [-0.25, -0.2) is 0 Å². The normalized spacial score (nSPS) is 42.6. The van der Waals surface area contributed by atoms with Gasteiger partial charge in [0.05, 0.1) is 0 Å². The minimum atomic E-state index is 0.722. The number of hydrogen-bond acceptors (Lipinski definition) is 0. The van der Waals surface area contributed by atoms with E-state index < -0.39 is 0 Å². The summed E-state index contributed by atoms with van der Waals surface area (Å²) in [5, 5.41) is 0. The molecule has 0 heterocycles. The van der Waals surface area contributed by atoms with Crippen LogP contribution in [0.25, 0.3) is 0 Å². The molecular formula is C16H32. The lowest BCUT2D eigenvalue weighted by atomic mass is 9.53. The van der Waals surface area contributed by atoms with Gasteiger partial charge in [0.2, 0.25) is 0 Å². The van der Waals surface area contributed by atoms with Crippen LogP contribution in [0.5, 0.6) is 0 Å². The second-order valence-corrected chi connectivity index (χ2v) is 6.68. The van der Waals surface area contributed by atoms with Crippen molar-refractivity contribution in [2.45, 2.75) is 73.6 Å². The highest BCUT2D eigenvalue weighted by Gasteiger charge is 2.45. The Bertz CT molecular complexity index is 185. The Labute approximate surface area is 103 Å². The van der Waals surface area contributed by atoms with Crippen LogP contribution in [0.4, 0.5) is 0 Å². The molecule has 0 N–H and O–H groups in total.